The summed E-state index contributed by atoms with van der Waals surface area (Å²) >= 11 is 0. The topological polar surface area (TPSA) is 63.9 Å². The molecule has 5 heteroatoms. The van der Waals surface area contributed by atoms with E-state index in [0.717, 1.165) is 56.0 Å². The number of aromatic nitrogens is 4. The van der Waals surface area contributed by atoms with Crippen LogP contribution in [0.5, 0.6) is 0 Å². The summed E-state index contributed by atoms with van der Waals surface area (Å²) in [6.45, 7) is 6.21. The van der Waals surface area contributed by atoms with Gasteiger partial charge in [-0.3, -0.25) is 9.98 Å². The van der Waals surface area contributed by atoms with Crippen LogP contribution in [0.3, 0.4) is 0 Å². The van der Waals surface area contributed by atoms with Gasteiger partial charge in [-0.25, -0.2) is 15.0 Å². The maximum Gasteiger partial charge on any atom is 0.164 e. The largest absolute Gasteiger partial charge is 0.256 e. The molecule has 0 atom stereocenters. The minimum Gasteiger partial charge on any atom is -0.256 e. The first-order valence-electron chi connectivity index (χ1n) is 13.6. The van der Waals surface area contributed by atoms with Gasteiger partial charge in [0.2, 0.25) is 0 Å². The standard InChI is InChI=1S/C36H29N5/c1-24-20-21-29(23-31(24)33-30(18-12-22-37-33)26(3)38-32-19-11-10-13-25(32)2)36-40-34(27-14-6-4-7-15-27)39-35(41-36)28-16-8-5-9-17-28/h4-23H,1-3H3. The van der Waals surface area contributed by atoms with Crippen molar-refractivity contribution in [3.8, 4) is 45.4 Å². The van der Waals surface area contributed by atoms with Crippen molar-refractivity contribution in [3.05, 3.63) is 138 Å². The fraction of sp³-hybridized carbons (Fsp3) is 0.0833. The van der Waals surface area contributed by atoms with E-state index in [2.05, 4.69) is 44.2 Å². The lowest BCUT2D eigenvalue weighted by atomic mass is 9.96. The van der Waals surface area contributed by atoms with Crippen molar-refractivity contribution in [2.45, 2.75) is 20.8 Å². The average molecular weight is 532 g/mol. The molecular formula is C36H29N5. The average Bonchev–Trinajstić information content (AvgIpc) is 3.03. The molecule has 0 fully saturated rings. The second kappa shape index (κ2) is 11.4. The number of hydrogen-bond donors (Lipinski definition) is 0. The van der Waals surface area contributed by atoms with Gasteiger partial charge >= 0.3 is 0 Å². The van der Waals surface area contributed by atoms with Crippen LogP contribution in [-0.4, -0.2) is 25.6 Å². The second-order valence-corrected chi connectivity index (χ2v) is 9.95. The van der Waals surface area contributed by atoms with Crippen LogP contribution in [0.2, 0.25) is 0 Å². The first-order chi connectivity index (χ1) is 20.1. The number of aryl methyl sites for hydroxylation is 2. The molecule has 6 aromatic rings. The Morgan fingerprint density at radius 3 is 1.78 bits per heavy atom. The number of rotatable bonds is 6. The van der Waals surface area contributed by atoms with Crippen molar-refractivity contribution in [2.75, 3.05) is 0 Å². The molecule has 0 aliphatic carbocycles. The van der Waals surface area contributed by atoms with Gasteiger partial charge in [-0.1, -0.05) is 91.0 Å². The van der Waals surface area contributed by atoms with E-state index in [0.29, 0.717) is 17.5 Å². The summed E-state index contributed by atoms with van der Waals surface area (Å²) in [6, 6.07) is 38.5. The molecule has 6 rings (SSSR count). The lowest BCUT2D eigenvalue weighted by Crippen LogP contribution is -2.02. The van der Waals surface area contributed by atoms with E-state index in [4.69, 9.17) is 24.9 Å². The highest BCUT2D eigenvalue weighted by Gasteiger charge is 2.16. The van der Waals surface area contributed by atoms with Crippen LogP contribution in [0.1, 0.15) is 23.6 Å². The van der Waals surface area contributed by atoms with Gasteiger partial charge in [0.1, 0.15) is 0 Å². The van der Waals surface area contributed by atoms with Crippen LogP contribution in [-0.2, 0) is 0 Å². The highest BCUT2D eigenvalue weighted by atomic mass is 15.0. The quantitative estimate of drug-likeness (QED) is 0.202. The Labute approximate surface area is 240 Å². The zero-order valence-corrected chi connectivity index (χ0v) is 23.3. The van der Waals surface area contributed by atoms with Gasteiger partial charge in [0.25, 0.3) is 0 Å². The van der Waals surface area contributed by atoms with Gasteiger partial charge in [0.05, 0.1) is 11.4 Å². The van der Waals surface area contributed by atoms with Gasteiger partial charge in [-0.15, -0.1) is 0 Å². The molecule has 2 heterocycles. The van der Waals surface area contributed by atoms with Crippen molar-refractivity contribution >= 4 is 11.4 Å². The summed E-state index contributed by atoms with van der Waals surface area (Å²) in [5.41, 5.74) is 9.76. The molecule has 0 aliphatic heterocycles. The van der Waals surface area contributed by atoms with Crippen molar-refractivity contribution in [3.63, 3.8) is 0 Å². The van der Waals surface area contributed by atoms with Gasteiger partial charge < -0.3 is 0 Å². The van der Waals surface area contributed by atoms with Crippen LogP contribution < -0.4 is 0 Å². The third-order valence-electron chi connectivity index (χ3n) is 7.05. The fourth-order valence-corrected chi connectivity index (χ4v) is 4.80. The normalized spacial score (nSPS) is 11.4. The Morgan fingerprint density at radius 2 is 1.15 bits per heavy atom. The van der Waals surface area contributed by atoms with Crippen molar-refractivity contribution in [1.29, 1.82) is 0 Å². The highest BCUT2D eigenvalue weighted by Crippen LogP contribution is 2.32. The third kappa shape index (κ3) is 5.56. The molecule has 0 saturated carbocycles. The van der Waals surface area contributed by atoms with E-state index in [1.165, 1.54) is 0 Å². The minimum absolute atomic E-state index is 0.613. The minimum atomic E-state index is 0.613. The Morgan fingerprint density at radius 1 is 0.561 bits per heavy atom. The summed E-state index contributed by atoms with van der Waals surface area (Å²) in [7, 11) is 0. The summed E-state index contributed by atoms with van der Waals surface area (Å²) in [5, 5.41) is 0. The zero-order chi connectivity index (χ0) is 28.2. The monoisotopic (exact) mass is 531 g/mol. The molecule has 0 radical (unpaired) electrons. The zero-order valence-electron chi connectivity index (χ0n) is 23.3. The Kier molecular flexibility index (Phi) is 7.25. The van der Waals surface area contributed by atoms with Gasteiger partial charge in [0.15, 0.2) is 17.5 Å². The van der Waals surface area contributed by atoms with Crippen LogP contribution in [0, 0.1) is 13.8 Å². The number of benzene rings is 4. The van der Waals surface area contributed by atoms with Crippen LogP contribution >= 0.6 is 0 Å². The number of pyridine rings is 1. The van der Waals surface area contributed by atoms with E-state index in [9.17, 15) is 0 Å². The molecule has 0 unspecified atom stereocenters. The molecule has 5 nitrogen and oxygen atoms in total. The number of para-hydroxylation sites is 1. The molecular weight excluding hydrogens is 502 g/mol. The summed E-state index contributed by atoms with van der Waals surface area (Å²) in [6.07, 6.45) is 1.83. The third-order valence-corrected chi connectivity index (χ3v) is 7.05. The maximum atomic E-state index is 4.96. The number of aliphatic imine (C=N–C) groups is 1. The molecule has 41 heavy (non-hydrogen) atoms. The molecule has 2 aromatic heterocycles. The predicted octanol–water partition coefficient (Wildman–Crippen LogP) is 8.69. The van der Waals surface area contributed by atoms with Crippen LogP contribution in [0.4, 0.5) is 5.69 Å². The first kappa shape index (κ1) is 26.0. The number of hydrogen-bond acceptors (Lipinski definition) is 5. The molecule has 0 N–H and O–H groups in total. The van der Waals surface area contributed by atoms with Crippen LogP contribution in [0.15, 0.2) is 126 Å². The van der Waals surface area contributed by atoms with E-state index < -0.39 is 0 Å². The van der Waals surface area contributed by atoms with Gasteiger partial charge in [0, 0.05) is 39.7 Å². The van der Waals surface area contributed by atoms with Crippen molar-refractivity contribution in [1.82, 2.24) is 19.9 Å². The molecule has 0 aliphatic rings. The molecule has 0 saturated heterocycles. The second-order valence-electron chi connectivity index (χ2n) is 9.95. The predicted molar refractivity (Wildman–Crippen MR) is 167 cm³/mol. The molecule has 0 bridgehead atoms. The summed E-state index contributed by atoms with van der Waals surface area (Å²) < 4.78 is 0. The maximum absolute atomic E-state index is 4.96. The Balaban J connectivity index is 1.48. The summed E-state index contributed by atoms with van der Waals surface area (Å²) in [5.74, 6) is 1.88. The Hall–Kier alpha value is -5.29. The van der Waals surface area contributed by atoms with Crippen molar-refractivity contribution in [2.24, 2.45) is 4.99 Å². The summed E-state index contributed by atoms with van der Waals surface area (Å²) in [4.78, 5) is 24.5. The lowest BCUT2D eigenvalue weighted by molar-refractivity contribution is 1.07. The molecule has 4 aromatic carbocycles. The molecule has 0 amide bonds. The lowest BCUT2D eigenvalue weighted by Gasteiger charge is -2.14. The number of nitrogens with zero attached hydrogens (tertiary/aromatic N) is 5. The van der Waals surface area contributed by atoms with E-state index in [1.807, 2.05) is 98.0 Å². The van der Waals surface area contributed by atoms with Crippen molar-refractivity contribution < 1.29 is 0 Å². The first-order valence-corrected chi connectivity index (χ1v) is 13.6. The highest BCUT2D eigenvalue weighted by molar-refractivity contribution is 6.05. The Bertz CT molecular complexity index is 1800. The van der Waals surface area contributed by atoms with E-state index >= 15 is 0 Å². The van der Waals surface area contributed by atoms with Gasteiger partial charge in [-0.2, -0.15) is 0 Å². The SMILES string of the molecule is CC(=Nc1ccccc1C)c1cccnc1-c1cc(-c2nc(-c3ccccc3)nc(-c3ccccc3)n2)ccc1C. The van der Waals surface area contributed by atoms with E-state index in [1.54, 1.807) is 0 Å². The smallest absolute Gasteiger partial charge is 0.164 e. The molecule has 0 spiro atoms. The fourth-order valence-electron chi connectivity index (χ4n) is 4.80. The van der Waals surface area contributed by atoms with E-state index in [-0.39, 0.29) is 0 Å². The van der Waals surface area contributed by atoms with Gasteiger partial charge in [-0.05, 0) is 56.2 Å². The van der Waals surface area contributed by atoms with Crippen LogP contribution in [0.25, 0.3) is 45.4 Å². The molecule has 198 valence electrons.